The summed E-state index contributed by atoms with van der Waals surface area (Å²) in [7, 11) is -0.261. The Balaban J connectivity index is 4.93. The van der Waals surface area contributed by atoms with Crippen molar-refractivity contribution in [2.24, 2.45) is 5.92 Å². The van der Waals surface area contributed by atoms with Crippen molar-refractivity contribution >= 4 is 14.4 Å². The molecule has 0 aliphatic heterocycles. The Bertz CT molecular complexity index is 189. The maximum atomic E-state index is 11.0. The summed E-state index contributed by atoms with van der Waals surface area (Å²) in [6.45, 7) is 5.65. The van der Waals surface area contributed by atoms with Gasteiger partial charge in [0, 0.05) is 0 Å². The number of rotatable bonds is 6. The zero-order valence-corrected chi connectivity index (χ0v) is 9.30. The monoisotopic (exact) mass is 204 g/mol. The van der Waals surface area contributed by atoms with E-state index < -0.39 is 11.1 Å². The van der Waals surface area contributed by atoms with Crippen LogP contribution in [-0.2, 0) is 9.36 Å². The minimum absolute atomic E-state index is 0.00540. The lowest BCUT2D eigenvalue weighted by molar-refractivity contribution is -0.141. The van der Waals surface area contributed by atoms with E-state index in [1.165, 1.54) is 0 Å². The van der Waals surface area contributed by atoms with Crippen molar-refractivity contribution in [1.82, 2.24) is 0 Å². The number of aliphatic carboxylic acids is 1. The molecule has 0 amide bonds. The van der Waals surface area contributed by atoms with Gasteiger partial charge < -0.3 is 5.11 Å². The van der Waals surface area contributed by atoms with Gasteiger partial charge in [-0.1, -0.05) is 33.6 Å². The highest BCUT2D eigenvalue weighted by molar-refractivity contribution is 7.27. The highest BCUT2D eigenvalue weighted by atomic mass is 31.1. The van der Waals surface area contributed by atoms with Gasteiger partial charge in [0.2, 0.25) is 0 Å². The third-order valence-corrected chi connectivity index (χ3v) is 3.93. The number of carboxylic acids is 1. The van der Waals surface area contributed by atoms with Crippen molar-refractivity contribution < 1.29 is 14.5 Å². The molecular weight excluding hydrogens is 187 g/mol. The molecule has 0 saturated heterocycles. The highest BCUT2D eigenvalue weighted by Gasteiger charge is 2.43. The topological polar surface area (TPSA) is 54.4 Å². The zero-order chi connectivity index (χ0) is 10.5. The molecule has 1 atom stereocenters. The Morgan fingerprint density at radius 1 is 1.38 bits per heavy atom. The standard InChI is InChI=1S/C9H17O3P/c1-4-7(5-2)9(6-3,13-12)8(10)11/h7H,4-6H2,1-3H3,(H,10,11). The maximum Gasteiger partial charge on any atom is 0.321 e. The minimum atomic E-state index is -1.07. The van der Waals surface area contributed by atoms with Crippen LogP contribution in [0.15, 0.2) is 0 Å². The number of carboxylic acid groups (broad SMARTS) is 1. The van der Waals surface area contributed by atoms with Gasteiger partial charge in [0.15, 0.2) is 13.6 Å². The first-order chi connectivity index (χ1) is 6.08. The van der Waals surface area contributed by atoms with Gasteiger partial charge in [-0.3, -0.25) is 9.36 Å². The van der Waals surface area contributed by atoms with Gasteiger partial charge in [-0.25, -0.2) is 0 Å². The largest absolute Gasteiger partial charge is 0.480 e. The summed E-state index contributed by atoms with van der Waals surface area (Å²) in [6.07, 6.45) is 1.93. The lowest BCUT2D eigenvalue weighted by atomic mass is 9.85. The molecule has 0 spiro atoms. The predicted octanol–water partition coefficient (Wildman–Crippen LogP) is 2.95. The second kappa shape index (κ2) is 5.33. The predicted molar refractivity (Wildman–Crippen MR) is 52.3 cm³/mol. The molecule has 0 aromatic heterocycles. The fourth-order valence-corrected chi connectivity index (χ4v) is 2.48. The summed E-state index contributed by atoms with van der Waals surface area (Å²) in [5.74, 6) is -0.950. The van der Waals surface area contributed by atoms with Crippen molar-refractivity contribution in [2.45, 2.75) is 45.2 Å². The smallest absolute Gasteiger partial charge is 0.321 e. The average molecular weight is 204 g/mol. The Morgan fingerprint density at radius 2 is 1.85 bits per heavy atom. The van der Waals surface area contributed by atoms with Crippen molar-refractivity contribution in [2.75, 3.05) is 0 Å². The normalized spacial score (nSPS) is 16.0. The van der Waals surface area contributed by atoms with Gasteiger partial charge in [0.05, 0.1) is 0 Å². The van der Waals surface area contributed by atoms with E-state index >= 15 is 0 Å². The summed E-state index contributed by atoms with van der Waals surface area (Å²) in [6, 6.07) is 0. The van der Waals surface area contributed by atoms with Gasteiger partial charge in [-0.05, 0) is 12.3 Å². The van der Waals surface area contributed by atoms with Gasteiger partial charge in [-0.15, -0.1) is 0 Å². The lowest BCUT2D eigenvalue weighted by Crippen LogP contribution is -2.39. The van der Waals surface area contributed by atoms with E-state index in [4.69, 9.17) is 5.11 Å². The van der Waals surface area contributed by atoms with E-state index in [0.717, 1.165) is 12.8 Å². The summed E-state index contributed by atoms with van der Waals surface area (Å²) < 4.78 is 11.0. The molecule has 0 aliphatic rings. The fraction of sp³-hybridized carbons (Fsp3) is 0.889. The first kappa shape index (κ1) is 12.6. The van der Waals surface area contributed by atoms with Crippen LogP contribution in [0.4, 0.5) is 0 Å². The zero-order valence-electron chi connectivity index (χ0n) is 8.41. The molecule has 76 valence electrons. The van der Waals surface area contributed by atoms with Crippen LogP contribution in [-0.4, -0.2) is 16.2 Å². The summed E-state index contributed by atoms with van der Waals surface area (Å²) in [5.41, 5.74) is 0. The van der Waals surface area contributed by atoms with Gasteiger partial charge >= 0.3 is 5.97 Å². The molecule has 13 heavy (non-hydrogen) atoms. The van der Waals surface area contributed by atoms with E-state index in [-0.39, 0.29) is 14.4 Å². The van der Waals surface area contributed by atoms with E-state index in [0.29, 0.717) is 6.42 Å². The molecule has 0 aromatic carbocycles. The summed E-state index contributed by atoms with van der Waals surface area (Å²) in [4.78, 5) is 11.0. The van der Waals surface area contributed by atoms with Crippen LogP contribution in [0.2, 0.25) is 0 Å². The third-order valence-electron chi connectivity index (χ3n) is 2.73. The lowest BCUT2D eigenvalue weighted by Gasteiger charge is -2.28. The van der Waals surface area contributed by atoms with Crippen LogP contribution in [0.5, 0.6) is 0 Å². The molecule has 3 nitrogen and oxygen atoms in total. The van der Waals surface area contributed by atoms with Crippen LogP contribution >= 0.6 is 8.46 Å². The van der Waals surface area contributed by atoms with Gasteiger partial charge in [-0.2, -0.15) is 0 Å². The molecule has 0 aliphatic carbocycles. The molecule has 0 heterocycles. The van der Waals surface area contributed by atoms with E-state index in [1.54, 1.807) is 6.92 Å². The van der Waals surface area contributed by atoms with Crippen LogP contribution in [0.1, 0.15) is 40.0 Å². The van der Waals surface area contributed by atoms with Gasteiger partial charge in [0.1, 0.15) is 0 Å². The Labute approximate surface area is 80.7 Å². The molecule has 0 rings (SSSR count). The van der Waals surface area contributed by atoms with Crippen molar-refractivity contribution in [3.05, 3.63) is 0 Å². The molecule has 4 heteroatoms. The highest BCUT2D eigenvalue weighted by Crippen LogP contribution is 2.39. The fourth-order valence-electron chi connectivity index (χ4n) is 1.76. The Kier molecular flexibility index (Phi) is 5.16. The number of hydrogen-bond acceptors (Lipinski definition) is 2. The maximum absolute atomic E-state index is 11.0. The quantitative estimate of drug-likeness (QED) is 0.676. The molecule has 0 aromatic rings. The number of hydrogen-bond donors (Lipinski definition) is 1. The van der Waals surface area contributed by atoms with E-state index in [1.807, 2.05) is 13.8 Å². The van der Waals surface area contributed by atoms with E-state index in [2.05, 4.69) is 0 Å². The van der Waals surface area contributed by atoms with E-state index in [9.17, 15) is 9.36 Å². The van der Waals surface area contributed by atoms with Crippen molar-refractivity contribution in [3.8, 4) is 0 Å². The number of carbonyl (C=O) groups is 1. The second-order valence-electron chi connectivity index (χ2n) is 3.19. The average Bonchev–Trinajstić information content (AvgIpc) is 2.13. The minimum Gasteiger partial charge on any atom is -0.480 e. The third kappa shape index (κ3) is 2.28. The molecule has 1 unspecified atom stereocenters. The van der Waals surface area contributed by atoms with Crippen LogP contribution in [0, 0.1) is 5.92 Å². The molecule has 0 fully saturated rings. The Hall–Kier alpha value is -0.430. The van der Waals surface area contributed by atoms with Crippen LogP contribution < -0.4 is 0 Å². The molecule has 0 radical (unpaired) electrons. The first-order valence-corrected chi connectivity index (χ1v) is 5.48. The summed E-state index contributed by atoms with van der Waals surface area (Å²) in [5, 5.41) is 7.98. The van der Waals surface area contributed by atoms with Crippen LogP contribution in [0.25, 0.3) is 0 Å². The van der Waals surface area contributed by atoms with Gasteiger partial charge in [0.25, 0.3) is 0 Å². The first-order valence-electron chi connectivity index (χ1n) is 4.66. The molecule has 0 saturated carbocycles. The molecular formula is C9H17O3P. The van der Waals surface area contributed by atoms with Crippen molar-refractivity contribution in [1.29, 1.82) is 0 Å². The second-order valence-corrected chi connectivity index (χ2v) is 4.17. The van der Waals surface area contributed by atoms with Crippen LogP contribution in [0.3, 0.4) is 0 Å². The molecule has 1 N–H and O–H groups in total. The molecule has 0 bridgehead atoms. The summed E-state index contributed by atoms with van der Waals surface area (Å²) >= 11 is 0. The van der Waals surface area contributed by atoms with Crippen molar-refractivity contribution in [3.63, 3.8) is 0 Å². The SMILES string of the molecule is CCC(CC)C(CC)(P=O)C(=O)O. The Morgan fingerprint density at radius 3 is 1.92 bits per heavy atom.